The van der Waals surface area contributed by atoms with Gasteiger partial charge in [0.15, 0.2) is 9.84 Å². The van der Waals surface area contributed by atoms with E-state index in [1.807, 2.05) is 6.92 Å². The molecule has 0 fully saturated rings. The molecule has 0 spiro atoms. The minimum absolute atomic E-state index is 0.0557. The Hall–Kier alpha value is -2.18. The van der Waals surface area contributed by atoms with Gasteiger partial charge in [-0.1, -0.05) is 51.1 Å². The molecular weight excluding hydrogens is 372 g/mol. The second-order valence-electron chi connectivity index (χ2n) is 7.49. The van der Waals surface area contributed by atoms with Crippen molar-refractivity contribution in [2.75, 3.05) is 18.1 Å². The summed E-state index contributed by atoms with van der Waals surface area (Å²) in [5.74, 6) is 0.111. The standard InChI is InChI=1S/C22H30N2O3S/c1-6-17-8-10-18(11-9-17)22(15(2)3)23-14-21(25)24-20-13-19(28(5,26)27)12-7-16(20)4/h7-13,15,22-23H,6,14H2,1-5H3,(H,24,25). The van der Waals surface area contributed by atoms with Crippen LogP contribution in [0.1, 0.15) is 43.5 Å². The van der Waals surface area contributed by atoms with E-state index in [4.69, 9.17) is 0 Å². The molecule has 0 aliphatic heterocycles. The molecule has 0 bridgehead atoms. The summed E-state index contributed by atoms with van der Waals surface area (Å²) in [5.41, 5.74) is 3.76. The van der Waals surface area contributed by atoms with E-state index >= 15 is 0 Å². The zero-order valence-electron chi connectivity index (χ0n) is 17.2. The Morgan fingerprint density at radius 1 is 1.07 bits per heavy atom. The molecule has 0 heterocycles. The van der Waals surface area contributed by atoms with E-state index in [-0.39, 0.29) is 23.4 Å². The molecule has 1 atom stereocenters. The van der Waals surface area contributed by atoms with E-state index in [0.717, 1.165) is 23.8 Å². The van der Waals surface area contributed by atoms with Crippen LogP contribution in [0.2, 0.25) is 0 Å². The van der Waals surface area contributed by atoms with Crippen molar-refractivity contribution in [3.8, 4) is 0 Å². The molecule has 1 unspecified atom stereocenters. The van der Waals surface area contributed by atoms with Gasteiger partial charge in [0.1, 0.15) is 0 Å². The number of anilines is 1. The number of rotatable bonds is 8. The summed E-state index contributed by atoms with van der Waals surface area (Å²) in [4.78, 5) is 12.7. The third kappa shape index (κ3) is 5.91. The summed E-state index contributed by atoms with van der Waals surface area (Å²) in [7, 11) is -3.32. The fraction of sp³-hybridized carbons (Fsp3) is 0.409. The summed E-state index contributed by atoms with van der Waals surface area (Å²) in [6, 6.07) is 13.3. The highest BCUT2D eigenvalue weighted by Gasteiger charge is 2.17. The van der Waals surface area contributed by atoms with Crippen LogP contribution in [0.3, 0.4) is 0 Å². The van der Waals surface area contributed by atoms with Gasteiger partial charge in [-0.3, -0.25) is 4.79 Å². The smallest absolute Gasteiger partial charge is 0.238 e. The number of carbonyl (C=O) groups excluding carboxylic acids is 1. The lowest BCUT2D eigenvalue weighted by atomic mass is 9.95. The first-order valence-corrected chi connectivity index (χ1v) is 11.4. The molecule has 28 heavy (non-hydrogen) atoms. The van der Waals surface area contributed by atoms with Gasteiger partial charge < -0.3 is 10.6 Å². The molecule has 1 amide bonds. The number of carbonyl (C=O) groups is 1. The first-order valence-electron chi connectivity index (χ1n) is 9.54. The van der Waals surface area contributed by atoms with Gasteiger partial charge in [0.25, 0.3) is 0 Å². The summed E-state index contributed by atoms with van der Waals surface area (Å²) < 4.78 is 23.5. The van der Waals surface area contributed by atoms with Crippen LogP contribution < -0.4 is 10.6 Å². The summed E-state index contributed by atoms with van der Waals surface area (Å²) in [5, 5.41) is 6.15. The zero-order valence-corrected chi connectivity index (χ0v) is 18.1. The molecule has 152 valence electrons. The van der Waals surface area contributed by atoms with Crippen LogP contribution in [0, 0.1) is 12.8 Å². The average Bonchev–Trinajstić information content (AvgIpc) is 2.63. The Bertz CT molecular complexity index is 919. The van der Waals surface area contributed by atoms with E-state index in [1.165, 1.54) is 11.6 Å². The number of amides is 1. The van der Waals surface area contributed by atoms with Crippen molar-refractivity contribution in [3.63, 3.8) is 0 Å². The molecule has 0 radical (unpaired) electrons. The highest BCUT2D eigenvalue weighted by molar-refractivity contribution is 7.90. The molecule has 0 saturated carbocycles. The lowest BCUT2D eigenvalue weighted by molar-refractivity contribution is -0.115. The number of nitrogens with one attached hydrogen (secondary N) is 2. The van der Waals surface area contributed by atoms with Crippen LogP contribution in [0.25, 0.3) is 0 Å². The van der Waals surface area contributed by atoms with Crippen LogP contribution in [0.5, 0.6) is 0 Å². The van der Waals surface area contributed by atoms with Crippen molar-refractivity contribution in [1.29, 1.82) is 0 Å². The molecule has 2 aromatic rings. The van der Waals surface area contributed by atoms with E-state index in [0.29, 0.717) is 11.6 Å². The minimum Gasteiger partial charge on any atom is -0.325 e. The minimum atomic E-state index is -3.32. The van der Waals surface area contributed by atoms with Gasteiger partial charge in [-0.2, -0.15) is 0 Å². The Kier molecular flexibility index (Phi) is 7.38. The largest absolute Gasteiger partial charge is 0.325 e. The lowest BCUT2D eigenvalue weighted by Crippen LogP contribution is -2.33. The molecular formula is C22H30N2O3S. The normalized spacial score (nSPS) is 12.8. The van der Waals surface area contributed by atoms with Gasteiger partial charge in [-0.15, -0.1) is 0 Å². The van der Waals surface area contributed by atoms with Crippen molar-refractivity contribution in [1.82, 2.24) is 5.32 Å². The molecule has 6 heteroatoms. The highest BCUT2D eigenvalue weighted by atomic mass is 32.2. The van der Waals surface area contributed by atoms with Crippen molar-refractivity contribution >= 4 is 21.4 Å². The van der Waals surface area contributed by atoms with Crippen molar-refractivity contribution in [3.05, 3.63) is 59.2 Å². The Balaban J connectivity index is 2.07. The maximum atomic E-state index is 12.5. The van der Waals surface area contributed by atoms with Gasteiger partial charge in [0, 0.05) is 18.0 Å². The van der Waals surface area contributed by atoms with Crippen LogP contribution >= 0.6 is 0 Å². The first-order chi connectivity index (χ1) is 13.1. The van der Waals surface area contributed by atoms with Gasteiger partial charge in [0.2, 0.25) is 5.91 Å². The fourth-order valence-electron chi connectivity index (χ4n) is 3.06. The number of sulfone groups is 1. The predicted octanol–water partition coefficient (Wildman–Crippen LogP) is 3.89. The second kappa shape index (κ2) is 9.34. The van der Waals surface area contributed by atoms with Gasteiger partial charge in [-0.05, 0) is 48.1 Å². The maximum Gasteiger partial charge on any atom is 0.238 e. The average molecular weight is 403 g/mol. The Morgan fingerprint density at radius 3 is 2.25 bits per heavy atom. The van der Waals surface area contributed by atoms with Crippen molar-refractivity contribution < 1.29 is 13.2 Å². The zero-order chi connectivity index (χ0) is 20.9. The Morgan fingerprint density at radius 2 is 1.71 bits per heavy atom. The van der Waals surface area contributed by atoms with Crippen LogP contribution in [0.15, 0.2) is 47.4 Å². The Labute approximate surface area is 168 Å². The molecule has 2 rings (SSSR count). The van der Waals surface area contributed by atoms with Crippen LogP contribution in [-0.4, -0.2) is 27.1 Å². The molecule has 0 aliphatic rings. The molecule has 5 nitrogen and oxygen atoms in total. The van der Waals surface area contributed by atoms with Crippen molar-refractivity contribution in [2.45, 2.75) is 45.1 Å². The first kappa shape index (κ1) is 22.1. The van der Waals surface area contributed by atoms with Gasteiger partial charge in [-0.25, -0.2) is 8.42 Å². The summed E-state index contributed by atoms with van der Waals surface area (Å²) in [6.07, 6.45) is 2.15. The van der Waals surface area contributed by atoms with E-state index < -0.39 is 9.84 Å². The topological polar surface area (TPSA) is 75.3 Å². The fourth-order valence-corrected chi connectivity index (χ4v) is 3.71. The highest BCUT2D eigenvalue weighted by Crippen LogP contribution is 2.23. The lowest BCUT2D eigenvalue weighted by Gasteiger charge is -2.23. The predicted molar refractivity (Wildman–Crippen MR) is 114 cm³/mol. The molecule has 2 aromatic carbocycles. The van der Waals surface area contributed by atoms with E-state index in [9.17, 15) is 13.2 Å². The van der Waals surface area contributed by atoms with Crippen molar-refractivity contribution in [2.24, 2.45) is 5.92 Å². The van der Waals surface area contributed by atoms with Gasteiger partial charge in [0.05, 0.1) is 11.4 Å². The third-order valence-electron chi connectivity index (χ3n) is 4.81. The summed E-state index contributed by atoms with van der Waals surface area (Å²) in [6.45, 7) is 8.33. The second-order valence-corrected chi connectivity index (χ2v) is 9.51. The maximum absolute atomic E-state index is 12.5. The summed E-state index contributed by atoms with van der Waals surface area (Å²) >= 11 is 0. The number of benzene rings is 2. The SMILES string of the molecule is CCc1ccc(C(NCC(=O)Nc2cc(S(C)(=O)=O)ccc2C)C(C)C)cc1. The van der Waals surface area contributed by atoms with E-state index in [1.54, 1.807) is 12.1 Å². The van der Waals surface area contributed by atoms with Crippen LogP contribution in [0.4, 0.5) is 5.69 Å². The number of aryl methyl sites for hydroxylation is 2. The third-order valence-corrected chi connectivity index (χ3v) is 5.92. The number of hydrogen-bond acceptors (Lipinski definition) is 4. The van der Waals surface area contributed by atoms with Gasteiger partial charge >= 0.3 is 0 Å². The number of hydrogen-bond donors (Lipinski definition) is 2. The monoisotopic (exact) mass is 402 g/mol. The quantitative estimate of drug-likeness (QED) is 0.702. The van der Waals surface area contributed by atoms with E-state index in [2.05, 4.69) is 55.7 Å². The molecule has 0 aliphatic carbocycles. The molecule has 0 aromatic heterocycles. The molecule has 2 N–H and O–H groups in total. The molecule has 0 saturated heterocycles. The van der Waals surface area contributed by atoms with Crippen LogP contribution in [-0.2, 0) is 21.1 Å².